The molecule has 0 aromatic carbocycles. The Bertz CT molecular complexity index is 145. The molecule has 0 bridgehead atoms. The predicted octanol–water partition coefficient (Wildman–Crippen LogP) is 3.86. The minimum Gasteiger partial charge on any atom is -0.343 e. The first-order valence-corrected chi connectivity index (χ1v) is 8.36. The summed E-state index contributed by atoms with van der Waals surface area (Å²) in [5.74, 6) is 0. The second kappa shape index (κ2) is 20.7. The van der Waals surface area contributed by atoms with Crippen molar-refractivity contribution in [3.8, 4) is 0 Å². The molecule has 1 heteroatoms. The molecule has 0 radical (unpaired) electrons. The summed E-state index contributed by atoms with van der Waals surface area (Å²) in [4.78, 5) is 0. The summed E-state index contributed by atoms with van der Waals surface area (Å²) in [6.45, 7) is 6.15. The minimum absolute atomic E-state index is 0. The average molecular weight is 258 g/mol. The van der Waals surface area contributed by atoms with E-state index >= 15 is 0 Å². The van der Waals surface area contributed by atoms with Crippen LogP contribution < -0.4 is 18.9 Å². The largest absolute Gasteiger partial charge is 1.00 e. The molecule has 0 aliphatic heterocycles. The number of rotatable bonds is 14. The maximum atomic E-state index is 3.87. The molecule has 0 nitrogen and oxygen atoms in total. The summed E-state index contributed by atoms with van der Waals surface area (Å²) in [6, 6.07) is 0. The van der Waals surface area contributed by atoms with Gasteiger partial charge in [0.15, 0.2) is 0 Å². The molecule has 0 aliphatic carbocycles. The van der Waals surface area contributed by atoms with E-state index in [0.717, 1.165) is 6.42 Å². The van der Waals surface area contributed by atoms with Gasteiger partial charge in [-0.25, -0.2) is 0 Å². The van der Waals surface area contributed by atoms with Crippen molar-refractivity contribution in [1.82, 2.24) is 0 Å². The van der Waals surface area contributed by atoms with Crippen molar-refractivity contribution < 1.29 is 18.9 Å². The molecule has 0 aromatic rings. The second-order valence-corrected chi connectivity index (χ2v) is 5.44. The minimum atomic E-state index is 0. The van der Waals surface area contributed by atoms with Crippen molar-refractivity contribution in [2.45, 2.75) is 96.8 Å². The molecule has 0 aliphatic rings. The van der Waals surface area contributed by atoms with Gasteiger partial charge in [-0.05, 0) is 25.7 Å². The smallest absolute Gasteiger partial charge is 0.343 e. The van der Waals surface area contributed by atoms with Crippen LogP contribution in [0.15, 0.2) is 12.2 Å². The summed E-state index contributed by atoms with van der Waals surface area (Å²) in [7, 11) is 0. The van der Waals surface area contributed by atoms with E-state index in [1.165, 1.54) is 83.5 Å². The number of allylic oxidation sites excluding steroid dienone is 2. The average Bonchev–Trinajstić information content (AvgIpc) is 2.39. The van der Waals surface area contributed by atoms with Crippen molar-refractivity contribution >= 4 is 0 Å². The molecule has 0 unspecified atom stereocenters. The van der Waals surface area contributed by atoms with E-state index in [1.807, 2.05) is 0 Å². The Kier molecular flexibility index (Phi) is 23.5. The zero-order valence-corrected chi connectivity index (χ0v) is 13.8. The third-order valence-electron chi connectivity index (χ3n) is 3.51. The fraction of sp³-hybridized carbons (Fsp3) is 0.833. The van der Waals surface area contributed by atoms with Crippen LogP contribution in [0.5, 0.6) is 0 Å². The van der Waals surface area contributed by atoms with Crippen LogP contribution in [0.2, 0.25) is 0 Å². The zero-order chi connectivity index (χ0) is 13.3. The van der Waals surface area contributed by atoms with Gasteiger partial charge in [-0.2, -0.15) is 6.42 Å². The summed E-state index contributed by atoms with van der Waals surface area (Å²) in [5.41, 5.74) is 0. The van der Waals surface area contributed by atoms with Crippen LogP contribution in [-0.2, 0) is 0 Å². The van der Waals surface area contributed by atoms with Gasteiger partial charge in [0.2, 0.25) is 0 Å². The monoisotopic (exact) mass is 258 g/mol. The fourth-order valence-corrected chi connectivity index (χ4v) is 2.25. The molecule has 0 heterocycles. The Morgan fingerprint density at radius 2 is 1.05 bits per heavy atom. The number of unbranched alkanes of at least 4 members (excludes halogenated alkanes) is 12. The van der Waals surface area contributed by atoms with Crippen molar-refractivity contribution in [3.63, 3.8) is 0 Å². The first-order chi connectivity index (χ1) is 8.91. The van der Waals surface area contributed by atoms with E-state index in [-0.39, 0.29) is 18.9 Å². The number of hydrogen-bond acceptors (Lipinski definition) is 0. The van der Waals surface area contributed by atoms with Crippen LogP contribution >= 0.6 is 0 Å². The van der Waals surface area contributed by atoms with Gasteiger partial charge in [0, 0.05) is 0 Å². The Balaban J connectivity index is 0. The normalized spacial score (nSPS) is 10.8. The Morgan fingerprint density at radius 3 is 1.53 bits per heavy atom. The van der Waals surface area contributed by atoms with E-state index in [1.54, 1.807) is 0 Å². The van der Waals surface area contributed by atoms with Crippen molar-refractivity contribution in [2.24, 2.45) is 0 Å². The molecule has 19 heavy (non-hydrogen) atoms. The van der Waals surface area contributed by atoms with Crippen molar-refractivity contribution in [1.29, 1.82) is 0 Å². The molecule has 0 spiro atoms. The van der Waals surface area contributed by atoms with Crippen molar-refractivity contribution in [3.05, 3.63) is 19.1 Å². The zero-order valence-electron chi connectivity index (χ0n) is 13.8. The third kappa shape index (κ3) is 20.8. The van der Waals surface area contributed by atoms with Crippen LogP contribution in [0.25, 0.3) is 0 Å². The molecule has 0 fully saturated rings. The summed E-state index contributed by atoms with van der Waals surface area (Å²) >= 11 is 0. The second-order valence-electron chi connectivity index (χ2n) is 5.44. The van der Waals surface area contributed by atoms with E-state index in [9.17, 15) is 0 Å². The summed E-state index contributed by atoms with van der Waals surface area (Å²) in [6.07, 6.45) is 23.8. The van der Waals surface area contributed by atoms with E-state index in [4.69, 9.17) is 0 Å². The Morgan fingerprint density at radius 1 is 0.632 bits per heavy atom. The molecular formula is C18H35Li. The van der Waals surface area contributed by atoms with Gasteiger partial charge in [-0.15, -0.1) is 0 Å². The van der Waals surface area contributed by atoms with Gasteiger partial charge in [-0.1, -0.05) is 76.9 Å². The third-order valence-corrected chi connectivity index (χ3v) is 3.51. The maximum absolute atomic E-state index is 3.87. The van der Waals surface area contributed by atoms with Crippen LogP contribution in [-0.4, -0.2) is 0 Å². The molecule has 108 valence electrons. The Labute approximate surface area is 135 Å². The van der Waals surface area contributed by atoms with Gasteiger partial charge < -0.3 is 6.92 Å². The topological polar surface area (TPSA) is 0 Å². The quantitative estimate of drug-likeness (QED) is 0.192. The van der Waals surface area contributed by atoms with Crippen LogP contribution in [0, 0.1) is 6.92 Å². The molecule has 0 saturated carbocycles. The molecule has 0 saturated heterocycles. The van der Waals surface area contributed by atoms with Crippen LogP contribution in [0.3, 0.4) is 0 Å². The summed E-state index contributed by atoms with van der Waals surface area (Å²) in [5, 5.41) is 0. The van der Waals surface area contributed by atoms with E-state index < -0.39 is 0 Å². The van der Waals surface area contributed by atoms with Gasteiger partial charge >= 0.3 is 18.9 Å². The van der Waals surface area contributed by atoms with E-state index in [0.29, 0.717) is 0 Å². The van der Waals surface area contributed by atoms with E-state index in [2.05, 4.69) is 26.0 Å². The number of hydrogen-bond donors (Lipinski definition) is 0. The van der Waals surface area contributed by atoms with Gasteiger partial charge in [0.25, 0.3) is 0 Å². The molecular weight excluding hydrogens is 223 g/mol. The van der Waals surface area contributed by atoms with Crippen molar-refractivity contribution in [2.75, 3.05) is 0 Å². The first-order valence-electron chi connectivity index (χ1n) is 8.36. The molecule has 0 aromatic heterocycles. The SMILES string of the molecule is [CH2-]CCCCCCC/C=C\CCCCCCCC.[Li+]. The molecule has 0 rings (SSSR count). The van der Waals surface area contributed by atoms with Gasteiger partial charge in [-0.3, -0.25) is 0 Å². The van der Waals surface area contributed by atoms with Crippen LogP contribution in [0.1, 0.15) is 96.8 Å². The van der Waals surface area contributed by atoms with Gasteiger partial charge in [0.1, 0.15) is 0 Å². The fourth-order valence-electron chi connectivity index (χ4n) is 2.25. The maximum Gasteiger partial charge on any atom is 1.00 e. The first kappa shape index (κ1) is 21.6. The van der Waals surface area contributed by atoms with Gasteiger partial charge in [0.05, 0.1) is 0 Å². The molecule has 0 N–H and O–H groups in total. The molecule has 0 atom stereocenters. The predicted molar refractivity (Wildman–Crippen MR) is 84.8 cm³/mol. The molecule has 0 amide bonds. The summed E-state index contributed by atoms with van der Waals surface area (Å²) < 4.78 is 0. The standard InChI is InChI=1S/C18H35.Li/c1-3-5-7-9-11-13-15-17-18-16-14-12-10-8-6-4-2;/h17-18H,1,3-16H2,2H3;/q-1;+1/b18-17-;. The Hall–Kier alpha value is 0.337. The van der Waals surface area contributed by atoms with Crippen LogP contribution in [0.4, 0.5) is 0 Å².